The van der Waals surface area contributed by atoms with E-state index in [9.17, 15) is 0 Å². The Morgan fingerprint density at radius 2 is 1.00 bits per heavy atom. The van der Waals surface area contributed by atoms with Crippen LogP contribution >= 0.6 is 0 Å². The zero-order chi connectivity index (χ0) is 38.3. The van der Waals surface area contributed by atoms with Gasteiger partial charge < -0.3 is 13.6 Å². The van der Waals surface area contributed by atoms with Crippen LogP contribution in [0.4, 0.5) is 0 Å². The van der Waals surface area contributed by atoms with Crippen molar-refractivity contribution in [2.75, 3.05) is 0 Å². The summed E-state index contributed by atoms with van der Waals surface area (Å²) >= 11 is 0. The molecule has 2 unspecified atom stereocenters. The van der Waals surface area contributed by atoms with E-state index in [-0.39, 0.29) is 12.0 Å². The van der Waals surface area contributed by atoms with Crippen molar-refractivity contribution in [1.82, 2.24) is 4.40 Å². The topological polar surface area (TPSA) is 26.8 Å². The van der Waals surface area contributed by atoms with Crippen molar-refractivity contribution < 1.29 is 9.15 Å². The zero-order valence-corrected chi connectivity index (χ0v) is 31.8. The summed E-state index contributed by atoms with van der Waals surface area (Å²) in [6, 6.07) is 60.6. The summed E-state index contributed by atoms with van der Waals surface area (Å²) < 4.78 is 15.0. The van der Waals surface area contributed by atoms with Gasteiger partial charge in [0.1, 0.15) is 23.0 Å². The summed E-state index contributed by atoms with van der Waals surface area (Å²) in [6.45, 7) is 0. The third-order valence-corrected chi connectivity index (χ3v) is 13.2. The van der Waals surface area contributed by atoms with Crippen LogP contribution in [-0.2, 0) is 0 Å². The van der Waals surface area contributed by atoms with Gasteiger partial charge >= 0.3 is 0 Å². The lowest BCUT2D eigenvalue weighted by molar-refractivity contribution is 0.269. The SMILES string of the molecule is C1=CC2Oc3ccc(-c4ccc5cc6c7cc(-c8ccccc8)cc8c9cc%10ccc(-c%11ccc%12oc%13ccccc%13c%12c%11)cc%10cc9n(c6cc5c4)c78)cc3C2C=C1. The molecule has 1 aliphatic heterocycles. The normalized spacial score (nSPS) is 16.1. The molecule has 12 aromatic rings. The van der Waals surface area contributed by atoms with Crippen molar-refractivity contribution >= 4 is 81.6 Å². The van der Waals surface area contributed by atoms with Gasteiger partial charge in [0.25, 0.3) is 0 Å². The molecular formula is C56H33NO2. The minimum Gasteiger partial charge on any atom is -0.485 e. The van der Waals surface area contributed by atoms with Crippen LogP contribution in [0.2, 0.25) is 0 Å². The zero-order valence-electron chi connectivity index (χ0n) is 31.8. The molecule has 0 spiro atoms. The van der Waals surface area contributed by atoms with Crippen molar-refractivity contribution in [3.63, 3.8) is 0 Å². The van der Waals surface area contributed by atoms with Crippen molar-refractivity contribution in [2.24, 2.45) is 0 Å². The fourth-order valence-corrected chi connectivity index (χ4v) is 10.3. The van der Waals surface area contributed by atoms with E-state index in [0.29, 0.717) is 0 Å². The predicted octanol–water partition coefficient (Wildman–Crippen LogP) is 15.0. The molecule has 0 saturated heterocycles. The Labute approximate surface area is 338 Å². The van der Waals surface area contributed by atoms with E-state index in [0.717, 1.165) is 27.7 Å². The Balaban J connectivity index is 0.986. The van der Waals surface area contributed by atoms with Gasteiger partial charge in [-0.3, -0.25) is 0 Å². The minimum absolute atomic E-state index is 0.0812. The predicted molar refractivity (Wildman–Crippen MR) is 245 cm³/mol. The van der Waals surface area contributed by atoms with Gasteiger partial charge in [-0.05, 0) is 140 Å². The summed E-state index contributed by atoms with van der Waals surface area (Å²) in [5.74, 6) is 1.25. The third-order valence-electron chi connectivity index (χ3n) is 13.2. The first kappa shape index (κ1) is 31.5. The Morgan fingerprint density at radius 1 is 0.390 bits per heavy atom. The lowest BCUT2D eigenvalue weighted by Gasteiger charge is -2.14. The molecule has 0 radical (unpaired) electrons. The molecule has 2 aliphatic rings. The summed E-state index contributed by atoms with van der Waals surface area (Å²) in [5, 5.41) is 12.3. The van der Waals surface area contributed by atoms with E-state index in [4.69, 9.17) is 9.15 Å². The fourth-order valence-electron chi connectivity index (χ4n) is 10.3. The second-order valence-corrected chi connectivity index (χ2v) is 16.4. The van der Waals surface area contributed by atoms with Crippen molar-refractivity contribution in [2.45, 2.75) is 12.0 Å². The van der Waals surface area contributed by atoms with Crippen LogP contribution in [0.25, 0.3) is 115 Å². The maximum Gasteiger partial charge on any atom is 0.135 e. The van der Waals surface area contributed by atoms with E-state index in [1.54, 1.807) is 0 Å². The van der Waals surface area contributed by atoms with E-state index < -0.39 is 0 Å². The van der Waals surface area contributed by atoms with Crippen molar-refractivity contribution in [3.05, 3.63) is 194 Å². The van der Waals surface area contributed by atoms with Gasteiger partial charge in [0, 0.05) is 43.8 Å². The molecule has 3 aromatic heterocycles. The van der Waals surface area contributed by atoms with Gasteiger partial charge in [0.2, 0.25) is 0 Å². The molecule has 0 fully saturated rings. The number of furan rings is 1. The molecule has 0 amide bonds. The quantitative estimate of drug-likeness (QED) is 0.180. The number of ether oxygens (including phenoxy) is 1. The molecule has 3 heteroatoms. The van der Waals surface area contributed by atoms with Crippen LogP contribution in [0.15, 0.2) is 193 Å². The van der Waals surface area contributed by atoms with Crippen LogP contribution in [0.1, 0.15) is 11.5 Å². The Hall–Kier alpha value is -7.62. The summed E-state index contributed by atoms with van der Waals surface area (Å²) in [7, 11) is 0. The second-order valence-electron chi connectivity index (χ2n) is 16.4. The molecular weight excluding hydrogens is 719 g/mol. The molecule has 0 bridgehead atoms. The number of fused-ring (bicyclic) bond motifs is 14. The number of hydrogen-bond donors (Lipinski definition) is 0. The number of aromatic nitrogens is 1. The standard InChI is InChI=1S/C56H33NO2/c1-2-8-32(9-3-1)41-28-48-44-24-37-16-14-33(35-18-20-54-46(26-35)42-10-4-6-12-52(42)58-54)22-39(37)30-50(44)57-51-31-40-23-34(15-17-38(40)25-45(51)49(29-41)56(48)57)36-19-21-55-47(27-36)43-11-5-7-13-53(43)59-55/h1-31,42,52H. The van der Waals surface area contributed by atoms with Gasteiger partial charge in [0.05, 0.1) is 16.6 Å². The maximum absolute atomic E-state index is 6.28. The van der Waals surface area contributed by atoms with Crippen molar-refractivity contribution in [3.8, 4) is 39.1 Å². The van der Waals surface area contributed by atoms with Gasteiger partial charge in [0.15, 0.2) is 0 Å². The first-order valence-electron chi connectivity index (χ1n) is 20.5. The molecule has 0 saturated carbocycles. The number of hydrogen-bond acceptors (Lipinski definition) is 2. The highest BCUT2D eigenvalue weighted by Gasteiger charge is 2.32. The third kappa shape index (κ3) is 4.47. The number of allylic oxidation sites excluding steroid dienone is 2. The highest BCUT2D eigenvalue weighted by Crippen LogP contribution is 2.46. The second kappa shape index (κ2) is 11.5. The molecule has 4 heterocycles. The van der Waals surface area contributed by atoms with Crippen LogP contribution in [-0.4, -0.2) is 10.5 Å². The van der Waals surface area contributed by atoms with Crippen LogP contribution in [0, 0.1) is 0 Å². The largest absolute Gasteiger partial charge is 0.485 e. The van der Waals surface area contributed by atoms with E-state index in [1.165, 1.54) is 98.6 Å². The molecule has 1 aliphatic carbocycles. The average molecular weight is 752 g/mol. The lowest BCUT2D eigenvalue weighted by atomic mass is 9.90. The maximum atomic E-state index is 6.28. The molecule has 0 N–H and O–H groups in total. The highest BCUT2D eigenvalue weighted by molar-refractivity contribution is 6.27. The minimum atomic E-state index is 0.0812. The van der Waals surface area contributed by atoms with Gasteiger partial charge in [-0.25, -0.2) is 0 Å². The number of para-hydroxylation sites is 1. The first-order valence-corrected chi connectivity index (χ1v) is 20.5. The Kier molecular flexibility index (Phi) is 6.13. The summed E-state index contributed by atoms with van der Waals surface area (Å²) in [4.78, 5) is 0. The number of nitrogens with zero attached hydrogens (tertiary/aromatic N) is 1. The molecule has 59 heavy (non-hydrogen) atoms. The monoisotopic (exact) mass is 751 g/mol. The van der Waals surface area contributed by atoms with Crippen molar-refractivity contribution in [1.29, 1.82) is 0 Å². The van der Waals surface area contributed by atoms with E-state index >= 15 is 0 Å². The molecule has 3 nitrogen and oxygen atoms in total. The van der Waals surface area contributed by atoms with E-state index in [2.05, 4.69) is 180 Å². The Morgan fingerprint density at radius 3 is 1.76 bits per heavy atom. The molecule has 2 atom stereocenters. The first-order chi connectivity index (χ1) is 29.2. The summed E-state index contributed by atoms with van der Waals surface area (Å²) in [5.41, 5.74) is 14.1. The lowest BCUT2D eigenvalue weighted by Crippen LogP contribution is -2.15. The van der Waals surface area contributed by atoms with Gasteiger partial charge in [-0.2, -0.15) is 0 Å². The molecule has 274 valence electrons. The van der Waals surface area contributed by atoms with Gasteiger partial charge in [-0.1, -0.05) is 103 Å². The molecule has 9 aromatic carbocycles. The van der Waals surface area contributed by atoms with Crippen LogP contribution in [0.5, 0.6) is 5.75 Å². The number of rotatable bonds is 3. The average Bonchev–Trinajstić information content (AvgIpc) is 4.03. The highest BCUT2D eigenvalue weighted by atomic mass is 16.5. The Bertz CT molecular complexity index is 3820. The van der Waals surface area contributed by atoms with E-state index in [1.807, 2.05) is 12.1 Å². The fraction of sp³-hybridized carbons (Fsp3) is 0.0357. The summed E-state index contributed by atoms with van der Waals surface area (Å²) in [6.07, 6.45) is 8.73. The number of benzene rings is 9. The van der Waals surface area contributed by atoms with Gasteiger partial charge in [-0.15, -0.1) is 0 Å². The smallest absolute Gasteiger partial charge is 0.135 e. The van der Waals surface area contributed by atoms with Crippen LogP contribution < -0.4 is 4.74 Å². The molecule has 14 rings (SSSR count). The van der Waals surface area contributed by atoms with Crippen LogP contribution in [0.3, 0.4) is 0 Å².